The van der Waals surface area contributed by atoms with Gasteiger partial charge in [-0.1, -0.05) is 37.6 Å². The van der Waals surface area contributed by atoms with Crippen LogP contribution in [0.5, 0.6) is 0 Å². The van der Waals surface area contributed by atoms with Gasteiger partial charge in [-0.2, -0.15) is 0 Å². The van der Waals surface area contributed by atoms with E-state index < -0.39 is 0 Å². The molecule has 1 aliphatic rings. The van der Waals surface area contributed by atoms with Crippen LogP contribution in [0.3, 0.4) is 0 Å². The minimum atomic E-state index is 0.801. The van der Waals surface area contributed by atoms with E-state index in [1.54, 1.807) is 0 Å². The van der Waals surface area contributed by atoms with Crippen molar-refractivity contribution in [3.05, 3.63) is 48.2 Å². The van der Waals surface area contributed by atoms with E-state index in [-0.39, 0.29) is 0 Å². The van der Waals surface area contributed by atoms with Crippen molar-refractivity contribution in [1.82, 2.24) is 4.98 Å². The molecule has 0 bridgehead atoms. The number of nitrogens with one attached hydrogen (secondary N) is 1. The molecule has 0 atom stereocenters. The lowest BCUT2D eigenvalue weighted by Crippen LogP contribution is -2.08. The third-order valence-corrected chi connectivity index (χ3v) is 4.12. The van der Waals surface area contributed by atoms with Crippen molar-refractivity contribution in [3.8, 4) is 11.3 Å². The molecule has 20 heavy (non-hydrogen) atoms. The fourth-order valence-corrected chi connectivity index (χ4v) is 2.64. The van der Waals surface area contributed by atoms with Crippen LogP contribution >= 0.6 is 0 Å². The van der Waals surface area contributed by atoms with E-state index in [4.69, 9.17) is 0 Å². The fourth-order valence-electron chi connectivity index (χ4n) is 2.64. The standard InChI is InChI=1S/C18H22N2/c1-2-11-19-17-10-12-20-18(13-17)16-8-6-15(7-9-16)14-4-3-5-14/h6-10,12-14H,2-5,11H2,1H3,(H,19,20). The van der Waals surface area contributed by atoms with Gasteiger partial charge in [0.25, 0.3) is 0 Å². The highest BCUT2D eigenvalue weighted by Crippen LogP contribution is 2.36. The van der Waals surface area contributed by atoms with E-state index in [0.717, 1.165) is 30.3 Å². The summed E-state index contributed by atoms with van der Waals surface area (Å²) in [7, 11) is 0. The predicted octanol–water partition coefficient (Wildman–Crippen LogP) is 4.84. The van der Waals surface area contributed by atoms with Gasteiger partial charge in [0.15, 0.2) is 0 Å². The van der Waals surface area contributed by atoms with Crippen LogP contribution in [0.4, 0.5) is 5.69 Å². The van der Waals surface area contributed by atoms with Crippen LogP contribution in [0, 0.1) is 0 Å². The zero-order valence-corrected chi connectivity index (χ0v) is 12.1. The molecular weight excluding hydrogens is 244 g/mol. The average molecular weight is 266 g/mol. The molecule has 3 rings (SSSR count). The first-order valence-corrected chi connectivity index (χ1v) is 7.67. The number of hydrogen-bond donors (Lipinski definition) is 1. The number of nitrogens with zero attached hydrogens (tertiary/aromatic N) is 1. The lowest BCUT2D eigenvalue weighted by Gasteiger charge is -2.25. The third-order valence-electron chi connectivity index (χ3n) is 4.12. The summed E-state index contributed by atoms with van der Waals surface area (Å²) < 4.78 is 0. The number of anilines is 1. The maximum absolute atomic E-state index is 4.49. The lowest BCUT2D eigenvalue weighted by atomic mass is 9.80. The van der Waals surface area contributed by atoms with Crippen LogP contribution in [-0.4, -0.2) is 11.5 Å². The van der Waals surface area contributed by atoms with E-state index in [2.05, 4.69) is 47.6 Å². The predicted molar refractivity (Wildman–Crippen MR) is 85.0 cm³/mol. The van der Waals surface area contributed by atoms with E-state index in [1.165, 1.54) is 30.4 Å². The Labute approximate surface area is 121 Å². The number of benzene rings is 1. The monoisotopic (exact) mass is 266 g/mol. The van der Waals surface area contributed by atoms with Crippen molar-refractivity contribution in [2.75, 3.05) is 11.9 Å². The summed E-state index contributed by atoms with van der Waals surface area (Å²) >= 11 is 0. The van der Waals surface area contributed by atoms with E-state index in [9.17, 15) is 0 Å². The van der Waals surface area contributed by atoms with E-state index >= 15 is 0 Å². The van der Waals surface area contributed by atoms with Gasteiger partial charge in [-0.25, -0.2) is 0 Å². The summed E-state index contributed by atoms with van der Waals surface area (Å²) in [5.41, 5.74) is 4.89. The molecule has 1 N–H and O–H groups in total. The highest BCUT2D eigenvalue weighted by molar-refractivity contribution is 5.64. The normalized spacial score (nSPS) is 14.8. The zero-order chi connectivity index (χ0) is 13.8. The molecule has 1 fully saturated rings. The van der Waals surface area contributed by atoms with E-state index in [1.807, 2.05) is 12.3 Å². The second-order valence-corrected chi connectivity index (χ2v) is 5.61. The Morgan fingerprint density at radius 2 is 1.95 bits per heavy atom. The highest BCUT2D eigenvalue weighted by atomic mass is 14.9. The zero-order valence-electron chi connectivity index (χ0n) is 12.1. The van der Waals surface area contributed by atoms with Crippen molar-refractivity contribution in [2.45, 2.75) is 38.5 Å². The Balaban J connectivity index is 1.77. The smallest absolute Gasteiger partial charge is 0.0722 e. The van der Waals surface area contributed by atoms with Gasteiger partial charge in [0, 0.05) is 24.0 Å². The molecular formula is C18H22N2. The van der Waals surface area contributed by atoms with Gasteiger partial charge < -0.3 is 5.32 Å². The molecule has 2 nitrogen and oxygen atoms in total. The van der Waals surface area contributed by atoms with Crippen LogP contribution in [0.2, 0.25) is 0 Å². The molecule has 0 saturated heterocycles. The Bertz CT molecular complexity index is 556. The molecule has 0 unspecified atom stereocenters. The van der Waals surface area contributed by atoms with Crippen molar-refractivity contribution in [3.63, 3.8) is 0 Å². The minimum absolute atomic E-state index is 0.801. The van der Waals surface area contributed by atoms with Crippen LogP contribution < -0.4 is 5.32 Å². The molecule has 1 aromatic heterocycles. The Morgan fingerprint density at radius 1 is 1.15 bits per heavy atom. The molecule has 104 valence electrons. The van der Waals surface area contributed by atoms with Crippen LogP contribution in [-0.2, 0) is 0 Å². The lowest BCUT2D eigenvalue weighted by molar-refractivity contribution is 0.420. The topological polar surface area (TPSA) is 24.9 Å². The Hall–Kier alpha value is -1.83. The second kappa shape index (κ2) is 6.08. The summed E-state index contributed by atoms with van der Waals surface area (Å²) in [4.78, 5) is 4.49. The van der Waals surface area contributed by atoms with Crippen molar-refractivity contribution < 1.29 is 0 Å². The second-order valence-electron chi connectivity index (χ2n) is 5.61. The molecule has 0 radical (unpaired) electrons. The van der Waals surface area contributed by atoms with Gasteiger partial charge in [-0.3, -0.25) is 4.98 Å². The van der Waals surface area contributed by atoms with Gasteiger partial charge in [-0.05, 0) is 42.9 Å². The number of aromatic nitrogens is 1. The Morgan fingerprint density at radius 3 is 2.60 bits per heavy atom. The van der Waals surface area contributed by atoms with Crippen molar-refractivity contribution >= 4 is 5.69 Å². The third kappa shape index (κ3) is 2.84. The van der Waals surface area contributed by atoms with Gasteiger partial charge in [0.2, 0.25) is 0 Å². The van der Waals surface area contributed by atoms with Gasteiger partial charge >= 0.3 is 0 Å². The van der Waals surface area contributed by atoms with Crippen molar-refractivity contribution in [2.24, 2.45) is 0 Å². The summed E-state index contributed by atoms with van der Waals surface area (Å²) in [6.45, 7) is 3.18. The molecule has 0 amide bonds. The summed E-state index contributed by atoms with van der Waals surface area (Å²) in [6.07, 6.45) is 7.11. The minimum Gasteiger partial charge on any atom is -0.385 e. The van der Waals surface area contributed by atoms with Gasteiger partial charge in [-0.15, -0.1) is 0 Å². The fraction of sp³-hybridized carbons (Fsp3) is 0.389. The summed E-state index contributed by atoms with van der Waals surface area (Å²) in [5.74, 6) is 0.801. The van der Waals surface area contributed by atoms with Crippen LogP contribution in [0.1, 0.15) is 44.1 Å². The number of pyridine rings is 1. The average Bonchev–Trinajstić information content (AvgIpc) is 2.44. The highest BCUT2D eigenvalue weighted by Gasteiger charge is 2.19. The van der Waals surface area contributed by atoms with Crippen molar-refractivity contribution in [1.29, 1.82) is 0 Å². The first-order valence-electron chi connectivity index (χ1n) is 7.67. The maximum atomic E-state index is 4.49. The molecule has 1 aliphatic carbocycles. The van der Waals surface area contributed by atoms with E-state index in [0.29, 0.717) is 0 Å². The van der Waals surface area contributed by atoms with Gasteiger partial charge in [0.05, 0.1) is 5.69 Å². The molecule has 1 aromatic carbocycles. The maximum Gasteiger partial charge on any atom is 0.0722 e. The van der Waals surface area contributed by atoms with Crippen LogP contribution in [0.15, 0.2) is 42.6 Å². The summed E-state index contributed by atoms with van der Waals surface area (Å²) in [6, 6.07) is 13.1. The van der Waals surface area contributed by atoms with Gasteiger partial charge in [0.1, 0.15) is 0 Å². The Kier molecular flexibility index (Phi) is 4.00. The SMILES string of the molecule is CCCNc1ccnc(-c2ccc(C3CCC3)cc2)c1. The number of hydrogen-bond acceptors (Lipinski definition) is 2. The van der Waals surface area contributed by atoms with Crippen LogP contribution in [0.25, 0.3) is 11.3 Å². The summed E-state index contributed by atoms with van der Waals surface area (Å²) in [5, 5.41) is 3.41. The molecule has 0 aliphatic heterocycles. The number of rotatable bonds is 5. The molecule has 1 saturated carbocycles. The first-order chi connectivity index (χ1) is 9.86. The molecule has 2 heteroatoms. The molecule has 1 heterocycles. The molecule has 0 spiro atoms. The largest absolute Gasteiger partial charge is 0.385 e. The quantitative estimate of drug-likeness (QED) is 0.837. The molecule has 2 aromatic rings. The first kappa shape index (κ1) is 13.2.